The molecule has 1 rings (SSSR count). The van der Waals surface area contributed by atoms with Gasteiger partial charge in [0, 0.05) is 23.0 Å². The van der Waals surface area contributed by atoms with Gasteiger partial charge in [-0.2, -0.15) is 0 Å². The topological polar surface area (TPSA) is 95.5 Å². The molecule has 0 saturated carbocycles. The average Bonchev–Trinajstić information content (AvgIpc) is 2.19. The van der Waals surface area contributed by atoms with Crippen LogP contribution in [0.4, 0.5) is 10.5 Å². The molecule has 0 spiro atoms. The lowest BCUT2D eigenvalue weighted by molar-refractivity contribution is -0.384. The van der Waals surface area contributed by atoms with Gasteiger partial charge in [-0.15, -0.1) is 0 Å². The third-order valence-electron chi connectivity index (χ3n) is 1.86. The number of hydrogen-bond acceptors (Lipinski definition) is 4. The average molecular weight is 289 g/mol. The van der Waals surface area contributed by atoms with Gasteiger partial charge in [-0.1, -0.05) is 22.0 Å². The minimum absolute atomic E-state index is 0.00597. The van der Waals surface area contributed by atoms with Crippen molar-refractivity contribution >= 4 is 27.7 Å². The Morgan fingerprint density at radius 3 is 2.75 bits per heavy atom. The number of nitro groups is 1. The number of hydrogen-bond donors (Lipinski definition) is 1. The fourth-order valence-corrected chi connectivity index (χ4v) is 1.68. The van der Waals surface area contributed by atoms with Gasteiger partial charge < -0.3 is 10.5 Å². The Morgan fingerprint density at radius 1 is 1.56 bits per heavy atom. The Morgan fingerprint density at radius 2 is 2.25 bits per heavy atom. The lowest BCUT2D eigenvalue weighted by Crippen LogP contribution is -2.14. The molecule has 1 amide bonds. The second kappa shape index (κ2) is 5.45. The van der Waals surface area contributed by atoms with Gasteiger partial charge in [-0.25, -0.2) is 4.79 Å². The van der Waals surface area contributed by atoms with Gasteiger partial charge in [0.15, 0.2) is 0 Å². The summed E-state index contributed by atoms with van der Waals surface area (Å²) in [6, 6.07) is 4.40. The van der Waals surface area contributed by atoms with Crippen molar-refractivity contribution in [2.24, 2.45) is 5.73 Å². The van der Waals surface area contributed by atoms with Gasteiger partial charge in [-0.05, 0) is 5.56 Å². The van der Waals surface area contributed by atoms with Crippen molar-refractivity contribution in [3.8, 4) is 0 Å². The first-order valence-corrected chi connectivity index (χ1v) is 5.15. The number of carbonyl (C=O) groups excluding carboxylic acids is 1. The number of amides is 1. The molecule has 0 radical (unpaired) electrons. The Hall–Kier alpha value is -1.63. The molecule has 0 saturated heterocycles. The number of nitrogens with two attached hydrogens (primary N) is 1. The first-order chi connectivity index (χ1) is 7.50. The molecule has 0 aliphatic rings. The van der Waals surface area contributed by atoms with Gasteiger partial charge in [0.25, 0.3) is 5.69 Å². The molecule has 0 atom stereocenters. The second-order valence-electron chi connectivity index (χ2n) is 2.95. The Kier molecular flexibility index (Phi) is 4.24. The van der Waals surface area contributed by atoms with Crippen LogP contribution in [0.3, 0.4) is 0 Å². The molecule has 7 heteroatoms. The molecule has 86 valence electrons. The lowest BCUT2D eigenvalue weighted by atomic mass is 10.1. The highest BCUT2D eigenvalue weighted by atomic mass is 79.9. The van der Waals surface area contributed by atoms with Crippen molar-refractivity contribution in [2.45, 2.75) is 6.42 Å². The standard InChI is InChI=1S/C9H9BrN2O4/c10-8-5-7(12(14)15)2-1-6(8)3-4-16-9(11)13/h1-2,5H,3-4H2,(H2,11,13). The van der Waals surface area contributed by atoms with Gasteiger partial charge >= 0.3 is 6.09 Å². The van der Waals surface area contributed by atoms with Crippen LogP contribution < -0.4 is 5.73 Å². The molecule has 0 aliphatic carbocycles. The van der Waals surface area contributed by atoms with E-state index in [1.165, 1.54) is 12.1 Å². The normalized spacial score (nSPS) is 9.81. The highest BCUT2D eigenvalue weighted by Crippen LogP contribution is 2.23. The zero-order chi connectivity index (χ0) is 12.1. The van der Waals surface area contributed by atoms with Crippen LogP contribution in [0.25, 0.3) is 0 Å². The number of nitro benzene ring substituents is 1. The summed E-state index contributed by atoms with van der Waals surface area (Å²) in [5.74, 6) is 0. The van der Waals surface area contributed by atoms with Crippen LogP contribution in [0.2, 0.25) is 0 Å². The smallest absolute Gasteiger partial charge is 0.404 e. The van der Waals surface area contributed by atoms with Crippen molar-refractivity contribution in [3.63, 3.8) is 0 Å². The zero-order valence-electron chi connectivity index (χ0n) is 8.18. The predicted octanol–water partition coefficient (Wildman–Crippen LogP) is 2.00. The minimum Gasteiger partial charge on any atom is -0.449 e. The predicted molar refractivity (Wildman–Crippen MR) is 60.0 cm³/mol. The van der Waals surface area contributed by atoms with E-state index < -0.39 is 11.0 Å². The second-order valence-corrected chi connectivity index (χ2v) is 3.80. The largest absolute Gasteiger partial charge is 0.449 e. The number of nitrogens with zero attached hydrogens (tertiary/aromatic N) is 1. The molecule has 0 aromatic heterocycles. The number of non-ortho nitro benzene ring substituents is 1. The van der Waals surface area contributed by atoms with E-state index in [-0.39, 0.29) is 12.3 Å². The number of benzene rings is 1. The zero-order valence-corrected chi connectivity index (χ0v) is 9.77. The number of halogens is 1. The number of rotatable bonds is 4. The van der Waals surface area contributed by atoms with Crippen LogP contribution in [-0.4, -0.2) is 17.6 Å². The summed E-state index contributed by atoms with van der Waals surface area (Å²) >= 11 is 3.21. The summed E-state index contributed by atoms with van der Waals surface area (Å²) in [5, 5.41) is 10.5. The first kappa shape index (κ1) is 12.4. The number of primary amides is 1. The van der Waals surface area contributed by atoms with E-state index in [4.69, 9.17) is 5.73 Å². The lowest BCUT2D eigenvalue weighted by Gasteiger charge is -2.04. The first-order valence-electron chi connectivity index (χ1n) is 4.35. The van der Waals surface area contributed by atoms with Gasteiger partial charge in [0.1, 0.15) is 0 Å². The molecule has 0 heterocycles. The summed E-state index contributed by atoms with van der Waals surface area (Å²) in [5.41, 5.74) is 5.61. The number of carbonyl (C=O) groups is 1. The van der Waals surface area contributed by atoms with Crippen molar-refractivity contribution in [1.82, 2.24) is 0 Å². The third kappa shape index (κ3) is 3.50. The summed E-state index contributed by atoms with van der Waals surface area (Å²) in [7, 11) is 0. The number of ether oxygens (including phenoxy) is 1. The molecule has 0 unspecified atom stereocenters. The molecule has 6 nitrogen and oxygen atoms in total. The SMILES string of the molecule is NC(=O)OCCc1ccc([N+](=O)[O-])cc1Br. The Balaban J connectivity index is 2.68. The highest BCUT2D eigenvalue weighted by Gasteiger charge is 2.09. The van der Waals surface area contributed by atoms with E-state index in [0.29, 0.717) is 10.9 Å². The molecular weight excluding hydrogens is 280 g/mol. The van der Waals surface area contributed by atoms with Crippen molar-refractivity contribution in [2.75, 3.05) is 6.61 Å². The molecule has 0 aliphatic heterocycles. The summed E-state index contributed by atoms with van der Waals surface area (Å²) in [4.78, 5) is 20.3. The highest BCUT2D eigenvalue weighted by molar-refractivity contribution is 9.10. The van der Waals surface area contributed by atoms with Crippen molar-refractivity contribution in [1.29, 1.82) is 0 Å². The van der Waals surface area contributed by atoms with E-state index in [0.717, 1.165) is 5.56 Å². The van der Waals surface area contributed by atoms with Crippen LogP contribution in [0, 0.1) is 10.1 Å². The van der Waals surface area contributed by atoms with Crippen LogP contribution in [0.5, 0.6) is 0 Å². The third-order valence-corrected chi connectivity index (χ3v) is 2.60. The fourth-order valence-electron chi connectivity index (χ4n) is 1.11. The molecule has 1 aromatic carbocycles. The molecule has 1 aromatic rings. The summed E-state index contributed by atoms with van der Waals surface area (Å²) in [6.07, 6.45) is -0.389. The molecule has 0 fully saturated rings. The van der Waals surface area contributed by atoms with E-state index >= 15 is 0 Å². The van der Waals surface area contributed by atoms with Crippen LogP contribution in [0.15, 0.2) is 22.7 Å². The molecule has 16 heavy (non-hydrogen) atoms. The van der Waals surface area contributed by atoms with Crippen LogP contribution in [0.1, 0.15) is 5.56 Å². The maximum Gasteiger partial charge on any atom is 0.404 e. The fraction of sp³-hybridized carbons (Fsp3) is 0.222. The van der Waals surface area contributed by atoms with Crippen LogP contribution >= 0.6 is 15.9 Å². The van der Waals surface area contributed by atoms with Gasteiger partial charge in [0.2, 0.25) is 0 Å². The molecule has 0 bridgehead atoms. The molecule has 2 N–H and O–H groups in total. The molecular formula is C9H9BrN2O4. The van der Waals surface area contributed by atoms with E-state index in [1.54, 1.807) is 6.07 Å². The van der Waals surface area contributed by atoms with Crippen LogP contribution in [-0.2, 0) is 11.2 Å². The van der Waals surface area contributed by atoms with E-state index in [9.17, 15) is 14.9 Å². The van der Waals surface area contributed by atoms with Gasteiger partial charge in [0.05, 0.1) is 11.5 Å². The van der Waals surface area contributed by atoms with E-state index in [1.807, 2.05) is 0 Å². The monoisotopic (exact) mass is 288 g/mol. The van der Waals surface area contributed by atoms with Gasteiger partial charge in [-0.3, -0.25) is 10.1 Å². The van der Waals surface area contributed by atoms with Crippen molar-refractivity contribution in [3.05, 3.63) is 38.3 Å². The maximum absolute atomic E-state index is 10.5. The maximum atomic E-state index is 10.5. The minimum atomic E-state index is -0.835. The Bertz CT molecular complexity index is 422. The summed E-state index contributed by atoms with van der Waals surface area (Å²) in [6.45, 7) is 0.145. The summed E-state index contributed by atoms with van der Waals surface area (Å²) < 4.78 is 5.17. The quantitative estimate of drug-likeness (QED) is 0.677. The van der Waals surface area contributed by atoms with Crippen molar-refractivity contribution < 1.29 is 14.5 Å². The Labute approximate surface area is 99.7 Å². The van der Waals surface area contributed by atoms with E-state index in [2.05, 4.69) is 20.7 Å².